The van der Waals surface area contributed by atoms with Crippen LogP contribution in [0.2, 0.25) is 0 Å². The number of rotatable bonds is 2. The molecule has 2 aromatic heterocycles. The van der Waals surface area contributed by atoms with Gasteiger partial charge in [0.1, 0.15) is 0 Å². The molecule has 9 aromatic rings. The molecule has 0 amide bonds. The van der Waals surface area contributed by atoms with Gasteiger partial charge in [-0.15, -0.1) is 0 Å². The van der Waals surface area contributed by atoms with Crippen LogP contribution in [-0.2, 0) is 6.42 Å². The molecule has 5 heteroatoms. The first-order valence-electron chi connectivity index (χ1n) is 17.1. The van der Waals surface area contributed by atoms with Crippen molar-refractivity contribution in [3.63, 3.8) is 0 Å². The fourth-order valence-corrected chi connectivity index (χ4v) is 8.87. The molecule has 0 N–H and O–H groups in total. The molecule has 0 saturated heterocycles. The standard InChI is InChI=1S/C45H27BN2O2/c49-44-32-14-5-8-19-38(32)48-39-22-21-27(25-35(39)45(50)34-16-10-15-33(44)43(34)48)29-24-30-23-28-11-4-6-17-36(28)46-37-18-7-9-20-40(37)47(41(26-29)42(30)46)31-12-2-1-3-13-31/h1-22,24-26H,23H2. The average Bonchev–Trinajstić information content (AvgIpc) is 3.17. The zero-order valence-electron chi connectivity index (χ0n) is 26.9. The predicted octanol–water partition coefficient (Wildman–Crippen LogP) is 7.43. The third kappa shape index (κ3) is 3.61. The first-order chi connectivity index (χ1) is 24.7. The number of nitrogens with zero attached hydrogens (tertiary/aromatic N) is 2. The minimum absolute atomic E-state index is 0.0472. The van der Waals surface area contributed by atoms with Crippen LogP contribution in [0.5, 0.6) is 0 Å². The highest BCUT2D eigenvalue weighted by Crippen LogP contribution is 2.40. The van der Waals surface area contributed by atoms with Crippen LogP contribution in [-0.4, -0.2) is 11.1 Å². The first-order valence-corrected chi connectivity index (χ1v) is 17.1. The zero-order chi connectivity index (χ0) is 33.1. The number of hydrogen-bond acceptors (Lipinski definition) is 3. The Bertz CT molecular complexity index is 3020. The maximum atomic E-state index is 14.3. The van der Waals surface area contributed by atoms with Gasteiger partial charge in [-0.3, -0.25) is 9.59 Å². The molecule has 11 rings (SSSR count). The maximum absolute atomic E-state index is 14.3. The topological polar surface area (TPSA) is 41.8 Å². The smallest absolute Gasteiger partial charge is 0.247 e. The Balaban J connectivity index is 1.21. The van der Waals surface area contributed by atoms with E-state index in [9.17, 15) is 9.59 Å². The van der Waals surface area contributed by atoms with Gasteiger partial charge >= 0.3 is 0 Å². The molecule has 0 unspecified atom stereocenters. The Kier molecular flexibility index (Phi) is 5.52. The number of fused-ring (bicyclic) bond motifs is 8. The average molecular weight is 639 g/mol. The van der Waals surface area contributed by atoms with E-state index in [-0.39, 0.29) is 17.6 Å². The van der Waals surface area contributed by atoms with E-state index in [0.29, 0.717) is 27.1 Å². The molecule has 0 aliphatic carbocycles. The summed E-state index contributed by atoms with van der Waals surface area (Å²) >= 11 is 0. The van der Waals surface area contributed by atoms with Gasteiger partial charge in [-0.05, 0) is 100 Å². The molecule has 0 bridgehead atoms. The van der Waals surface area contributed by atoms with E-state index < -0.39 is 0 Å². The van der Waals surface area contributed by atoms with Gasteiger partial charge in [0.05, 0.1) is 16.6 Å². The lowest BCUT2D eigenvalue weighted by molar-refractivity contribution is 1.19. The second-order valence-corrected chi connectivity index (χ2v) is 13.6. The molecule has 2 aliphatic heterocycles. The zero-order valence-corrected chi connectivity index (χ0v) is 26.9. The number of anilines is 3. The quantitative estimate of drug-likeness (QED) is 0.112. The molecule has 7 aromatic carbocycles. The molecular weight excluding hydrogens is 611 g/mol. The number of para-hydroxylation sites is 4. The summed E-state index contributed by atoms with van der Waals surface area (Å²) in [5, 5.41) is 2.40. The van der Waals surface area contributed by atoms with Crippen LogP contribution in [0.1, 0.15) is 11.1 Å². The predicted molar refractivity (Wildman–Crippen MR) is 208 cm³/mol. The van der Waals surface area contributed by atoms with E-state index in [0.717, 1.165) is 34.3 Å². The number of benzene rings is 7. The monoisotopic (exact) mass is 638 g/mol. The van der Waals surface area contributed by atoms with Gasteiger partial charge < -0.3 is 9.30 Å². The van der Waals surface area contributed by atoms with Crippen molar-refractivity contribution in [1.82, 2.24) is 4.40 Å². The fraction of sp³-hybridized carbons (Fsp3) is 0.0222. The molecular formula is C45H27BN2O2. The molecule has 0 radical (unpaired) electrons. The van der Waals surface area contributed by atoms with Crippen LogP contribution < -0.4 is 32.1 Å². The number of hydrogen-bond donors (Lipinski definition) is 0. The second-order valence-electron chi connectivity index (χ2n) is 13.6. The Labute approximate surface area is 287 Å². The van der Waals surface area contributed by atoms with Gasteiger partial charge in [-0.25, -0.2) is 0 Å². The van der Waals surface area contributed by atoms with Gasteiger partial charge in [0.25, 0.3) is 0 Å². The van der Waals surface area contributed by atoms with Crippen LogP contribution in [0.3, 0.4) is 0 Å². The largest absolute Gasteiger partial charge is 0.311 e. The van der Waals surface area contributed by atoms with E-state index in [1.807, 2.05) is 42.5 Å². The molecule has 0 fully saturated rings. The van der Waals surface area contributed by atoms with E-state index in [4.69, 9.17) is 0 Å². The van der Waals surface area contributed by atoms with E-state index >= 15 is 0 Å². The summed E-state index contributed by atoms with van der Waals surface area (Å²) in [6.07, 6.45) is 0.840. The van der Waals surface area contributed by atoms with Crippen molar-refractivity contribution in [2.24, 2.45) is 0 Å². The van der Waals surface area contributed by atoms with E-state index in [1.54, 1.807) is 0 Å². The number of aromatic nitrogens is 1. The van der Waals surface area contributed by atoms with Crippen LogP contribution in [0.25, 0.3) is 49.2 Å². The van der Waals surface area contributed by atoms with Crippen LogP contribution >= 0.6 is 0 Å². The Morgan fingerprint density at radius 1 is 0.480 bits per heavy atom. The SMILES string of the molecule is O=c1c2ccccc2n2c3ccc(-c4cc5c6c(c4)N(c4ccccc4)c4ccccc4B6c4ccccc4C5)cc3c(=O)c3cccc1c32. The summed E-state index contributed by atoms with van der Waals surface area (Å²) in [5.74, 6) is 0. The highest BCUT2D eigenvalue weighted by molar-refractivity contribution is 6.98. The van der Waals surface area contributed by atoms with Crippen LogP contribution in [0, 0.1) is 0 Å². The molecule has 4 heterocycles. The highest BCUT2D eigenvalue weighted by atomic mass is 16.1. The van der Waals surface area contributed by atoms with Crippen molar-refractivity contribution >= 4 is 78.3 Å². The molecule has 0 saturated carbocycles. The highest BCUT2D eigenvalue weighted by Gasteiger charge is 2.40. The van der Waals surface area contributed by atoms with Crippen molar-refractivity contribution < 1.29 is 0 Å². The van der Waals surface area contributed by atoms with E-state index in [2.05, 4.69) is 118 Å². The fourth-order valence-electron chi connectivity index (χ4n) is 8.87. The first kappa shape index (κ1) is 27.5. The van der Waals surface area contributed by atoms with Gasteiger partial charge in [0, 0.05) is 38.6 Å². The molecule has 0 atom stereocenters. The molecule has 4 nitrogen and oxygen atoms in total. The normalized spacial score (nSPS) is 13.2. The van der Waals surface area contributed by atoms with Gasteiger partial charge in [-0.1, -0.05) is 96.5 Å². The molecule has 50 heavy (non-hydrogen) atoms. The summed E-state index contributed by atoms with van der Waals surface area (Å²) < 4.78 is 2.11. The van der Waals surface area contributed by atoms with Gasteiger partial charge in [0.15, 0.2) is 10.9 Å². The lowest BCUT2D eigenvalue weighted by Gasteiger charge is -2.41. The maximum Gasteiger partial charge on any atom is 0.247 e. The molecule has 0 spiro atoms. The second kappa shape index (κ2) is 10.0. The van der Waals surface area contributed by atoms with Crippen molar-refractivity contribution in [2.75, 3.05) is 4.90 Å². The van der Waals surface area contributed by atoms with Crippen molar-refractivity contribution in [2.45, 2.75) is 6.42 Å². The number of pyridine rings is 2. The third-order valence-electron chi connectivity index (χ3n) is 11.0. The van der Waals surface area contributed by atoms with Gasteiger partial charge in [0.2, 0.25) is 6.71 Å². The summed E-state index contributed by atoms with van der Waals surface area (Å²) in [4.78, 5) is 30.3. The van der Waals surface area contributed by atoms with Crippen LogP contribution in [0.4, 0.5) is 17.1 Å². The lowest BCUT2D eigenvalue weighted by Crippen LogP contribution is -2.61. The Morgan fingerprint density at radius 3 is 2.02 bits per heavy atom. The third-order valence-corrected chi connectivity index (χ3v) is 11.0. The molecule has 2 aliphatic rings. The van der Waals surface area contributed by atoms with Crippen molar-refractivity contribution in [3.8, 4) is 11.1 Å². The van der Waals surface area contributed by atoms with E-state index in [1.165, 1.54) is 38.9 Å². The Hall–Kier alpha value is -6.46. The summed E-state index contributed by atoms with van der Waals surface area (Å²) in [6, 6.07) is 52.4. The van der Waals surface area contributed by atoms with Crippen LogP contribution in [0.15, 0.2) is 161 Å². The summed E-state index contributed by atoms with van der Waals surface area (Å²) in [5.41, 5.74) is 14.4. The van der Waals surface area contributed by atoms with Gasteiger partial charge in [-0.2, -0.15) is 0 Å². The summed E-state index contributed by atoms with van der Waals surface area (Å²) in [6.45, 7) is 0.132. The minimum Gasteiger partial charge on any atom is -0.311 e. The van der Waals surface area contributed by atoms with Crippen molar-refractivity contribution in [3.05, 3.63) is 183 Å². The molecule has 232 valence electrons. The minimum atomic E-state index is -0.0599. The Morgan fingerprint density at radius 2 is 1.16 bits per heavy atom. The van der Waals surface area contributed by atoms with Crippen molar-refractivity contribution in [1.29, 1.82) is 0 Å². The summed E-state index contributed by atoms with van der Waals surface area (Å²) in [7, 11) is 0. The lowest BCUT2D eigenvalue weighted by atomic mass is 9.32.